The lowest BCUT2D eigenvalue weighted by molar-refractivity contribution is -0.141. The smallest absolute Gasteiger partial charge is 0.360 e. The Labute approximate surface area is 109 Å². The van der Waals surface area contributed by atoms with Crippen LogP contribution in [0.2, 0.25) is 4.34 Å². The van der Waals surface area contributed by atoms with E-state index in [-0.39, 0.29) is 15.2 Å². The van der Waals surface area contributed by atoms with Crippen LogP contribution in [0.25, 0.3) is 0 Å². The Morgan fingerprint density at radius 1 is 1.61 bits per heavy atom. The quantitative estimate of drug-likeness (QED) is 0.357. The lowest BCUT2D eigenvalue weighted by atomic mass is 10.3. The summed E-state index contributed by atoms with van der Waals surface area (Å²) in [6, 6.07) is 0. The molecule has 0 aliphatic carbocycles. The lowest BCUT2D eigenvalue weighted by Gasteiger charge is -1.97. The molecule has 0 aliphatic heterocycles. The molecule has 0 unspecified atom stereocenters. The van der Waals surface area contributed by atoms with E-state index in [0.29, 0.717) is 6.41 Å². The van der Waals surface area contributed by atoms with Crippen molar-refractivity contribution in [2.45, 2.75) is 6.92 Å². The highest BCUT2D eigenvalue weighted by Gasteiger charge is 2.22. The Balaban J connectivity index is 3.13. The second kappa shape index (κ2) is 6.07. The van der Waals surface area contributed by atoms with Crippen LogP contribution >= 0.6 is 22.9 Å². The molecule has 0 aliphatic rings. The zero-order chi connectivity index (χ0) is 13.7. The summed E-state index contributed by atoms with van der Waals surface area (Å²) in [7, 11) is 0. The molecule has 96 valence electrons. The van der Waals surface area contributed by atoms with Gasteiger partial charge in [0.25, 0.3) is 0 Å². The van der Waals surface area contributed by atoms with Crippen LogP contribution in [-0.2, 0) is 19.2 Å². The number of amides is 1. The summed E-state index contributed by atoms with van der Waals surface area (Å²) < 4.78 is -0.00680. The van der Waals surface area contributed by atoms with E-state index < -0.39 is 17.7 Å². The molecule has 0 atom stereocenters. The summed E-state index contributed by atoms with van der Waals surface area (Å²) in [5.74, 6) is -2.26. The third-order valence-electron chi connectivity index (χ3n) is 1.46. The molecule has 10 heteroatoms. The Bertz CT molecular complexity index is 527. The lowest BCUT2D eigenvalue weighted by Crippen LogP contribution is -2.16. The van der Waals surface area contributed by atoms with E-state index in [1.54, 1.807) is 0 Å². The average molecular weight is 292 g/mol. The number of nitrogens with one attached hydrogen (secondary N) is 1. The summed E-state index contributed by atoms with van der Waals surface area (Å²) in [6.45, 7) is 1.06. The maximum absolute atomic E-state index is 10.9. The zero-order valence-corrected chi connectivity index (χ0v) is 10.4. The predicted molar refractivity (Wildman–Crippen MR) is 62.7 cm³/mol. The van der Waals surface area contributed by atoms with Gasteiger partial charge in [-0.3, -0.25) is 4.79 Å². The number of anilines is 1. The van der Waals surface area contributed by atoms with Gasteiger partial charge in [-0.25, -0.2) is 14.6 Å². The number of hydrogen-bond acceptors (Lipinski definition) is 7. The highest BCUT2D eigenvalue weighted by molar-refractivity contribution is 7.20. The highest BCUT2D eigenvalue weighted by atomic mass is 35.5. The molecule has 18 heavy (non-hydrogen) atoms. The van der Waals surface area contributed by atoms with Gasteiger partial charge in [-0.15, -0.1) is 0 Å². The van der Waals surface area contributed by atoms with E-state index in [1.165, 1.54) is 0 Å². The van der Waals surface area contributed by atoms with Crippen molar-refractivity contribution in [3.8, 4) is 0 Å². The molecule has 1 amide bonds. The van der Waals surface area contributed by atoms with E-state index in [9.17, 15) is 14.4 Å². The molecule has 1 aromatic rings. The Morgan fingerprint density at radius 2 is 2.28 bits per heavy atom. The van der Waals surface area contributed by atoms with Gasteiger partial charge in [0.2, 0.25) is 12.1 Å². The number of carbonyl (C=O) groups excluding carboxylic acids is 2. The predicted octanol–water partition coefficient (Wildman–Crippen LogP) is 0.717. The van der Waals surface area contributed by atoms with Crippen LogP contribution in [0.1, 0.15) is 12.6 Å². The van der Waals surface area contributed by atoms with Gasteiger partial charge in [0, 0.05) is 6.92 Å². The summed E-state index contributed by atoms with van der Waals surface area (Å²) in [5, 5.41) is 14.3. The fraction of sp³-hybridized carbons (Fsp3) is 0.125. The van der Waals surface area contributed by atoms with Crippen molar-refractivity contribution < 1.29 is 24.3 Å². The Hall–Kier alpha value is -2.00. The molecule has 0 bridgehead atoms. The number of aromatic nitrogens is 1. The second-order valence-electron chi connectivity index (χ2n) is 2.73. The van der Waals surface area contributed by atoms with Gasteiger partial charge in [0.05, 0.1) is 0 Å². The van der Waals surface area contributed by atoms with Gasteiger partial charge < -0.3 is 15.3 Å². The number of hydrogen-bond donors (Lipinski definition) is 2. The van der Waals surface area contributed by atoms with Crippen molar-refractivity contribution in [2.75, 3.05) is 5.32 Å². The van der Waals surface area contributed by atoms with Gasteiger partial charge in [-0.2, -0.15) is 0 Å². The van der Waals surface area contributed by atoms with Gasteiger partial charge in [-0.05, 0) is 0 Å². The van der Waals surface area contributed by atoms with Crippen LogP contribution in [0.15, 0.2) is 5.16 Å². The number of thiazole rings is 1. The van der Waals surface area contributed by atoms with Crippen molar-refractivity contribution in [1.82, 2.24) is 4.98 Å². The SMILES string of the molecule is CC(=O)ON=C(C(=O)O)c1nc(NC=O)sc1Cl. The molecular weight excluding hydrogens is 286 g/mol. The van der Waals surface area contributed by atoms with Crippen LogP contribution in [0.4, 0.5) is 5.13 Å². The molecule has 1 heterocycles. The topological polar surface area (TPSA) is 118 Å². The highest BCUT2D eigenvalue weighted by Crippen LogP contribution is 2.28. The van der Waals surface area contributed by atoms with Crippen molar-refractivity contribution in [1.29, 1.82) is 0 Å². The largest absolute Gasteiger partial charge is 0.476 e. The number of nitrogens with zero attached hydrogens (tertiary/aromatic N) is 2. The molecule has 0 spiro atoms. The molecule has 0 aromatic carbocycles. The Morgan fingerprint density at radius 3 is 2.78 bits per heavy atom. The number of rotatable bonds is 5. The molecule has 1 rings (SSSR count). The summed E-state index contributed by atoms with van der Waals surface area (Å²) in [5.41, 5.74) is -0.829. The maximum atomic E-state index is 10.9. The third kappa shape index (κ3) is 3.50. The van der Waals surface area contributed by atoms with Crippen LogP contribution < -0.4 is 5.32 Å². The monoisotopic (exact) mass is 291 g/mol. The van der Waals surface area contributed by atoms with E-state index in [2.05, 4.69) is 20.3 Å². The summed E-state index contributed by atoms with van der Waals surface area (Å²) >= 11 is 6.60. The minimum Gasteiger partial charge on any atom is -0.476 e. The van der Waals surface area contributed by atoms with Gasteiger partial charge >= 0.3 is 11.9 Å². The fourth-order valence-corrected chi connectivity index (χ4v) is 1.86. The van der Waals surface area contributed by atoms with Crippen LogP contribution in [0, 0.1) is 0 Å². The maximum Gasteiger partial charge on any atom is 0.360 e. The number of carboxylic acid groups (broad SMARTS) is 1. The molecule has 8 nitrogen and oxygen atoms in total. The average Bonchev–Trinajstić information content (AvgIpc) is 2.60. The van der Waals surface area contributed by atoms with Crippen LogP contribution in [-0.4, -0.2) is 34.2 Å². The van der Waals surface area contributed by atoms with E-state index in [4.69, 9.17) is 16.7 Å². The van der Waals surface area contributed by atoms with Crippen molar-refractivity contribution >= 4 is 52.1 Å². The number of oxime groups is 1. The van der Waals surface area contributed by atoms with Crippen LogP contribution in [0.3, 0.4) is 0 Å². The molecule has 2 N–H and O–H groups in total. The minimum absolute atomic E-state index is 0.00680. The Kier molecular flexibility index (Phi) is 4.75. The van der Waals surface area contributed by atoms with Crippen molar-refractivity contribution in [3.63, 3.8) is 0 Å². The number of carboxylic acids is 1. The van der Waals surface area contributed by atoms with Crippen LogP contribution in [0.5, 0.6) is 0 Å². The summed E-state index contributed by atoms with van der Waals surface area (Å²) in [4.78, 5) is 39.7. The van der Waals surface area contributed by atoms with E-state index >= 15 is 0 Å². The second-order valence-corrected chi connectivity index (χ2v) is 4.33. The standard InChI is InChI=1S/C8H6ClN3O5S/c1-3(14)17-12-5(7(15)16)4-6(9)18-8(11-4)10-2-13/h2H,1H3,(H,15,16)(H,10,11,13). The number of carbonyl (C=O) groups is 3. The fourth-order valence-electron chi connectivity index (χ4n) is 0.853. The molecule has 0 radical (unpaired) electrons. The van der Waals surface area contributed by atoms with Gasteiger partial charge in [0.15, 0.2) is 5.13 Å². The first-order valence-electron chi connectivity index (χ1n) is 4.31. The molecule has 1 aromatic heterocycles. The van der Waals surface area contributed by atoms with Gasteiger partial charge in [-0.1, -0.05) is 28.1 Å². The van der Waals surface area contributed by atoms with E-state index in [1.807, 2.05) is 0 Å². The first-order valence-corrected chi connectivity index (χ1v) is 5.51. The zero-order valence-electron chi connectivity index (χ0n) is 8.84. The number of halogens is 1. The number of aliphatic carboxylic acids is 1. The van der Waals surface area contributed by atoms with Gasteiger partial charge in [0.1, 0.15) is 10.0 Å². The molecule has 0 fully saturated rings. The summed E-state index contributed by atoms with van der Waals surface area (Å²) in [6.07, 6.45) is 0.364. The first-order chi connectivity index (χ1) is 8.45. The van der Waals surface area contributed by atoms with Crippen molar-refractivity contribution in [3.05, 3.63) is 10.0 Å². The molecule has 0 saturated heterocycles. The third-order valence-corrected chi connectivity index (χ3v) is 2.65. The first kappa shape index (κ1) is 14.1. The normalized spacial score (nSPS) is 10.9. The van der Waals surface area contributed by atoms with E-state index in [0.717, 1.165) is 18.3 Å². The molecular formula is C8H6ClN3O5S. The minimum atomic E-state index is -1.47. The molecule has 0 saturated carbocycles. The van der Waals surface area contributed by atoms with Crippen molar-refractivity contribution in [2.24, 2.45) is 5.16 Å².